The maximum absolute atomic E-state index is 5.69. The molecule has 0 unspecified atom stereocenters. The topological polar surface area (TPSA) is 21.7 Å². The second-order valence-corrected chi connectivity index (χ2v) is 4.74. The Balaban J connectivity index is 2.30. The Bertz CT molecular complexity index is 322. The van der Waals surface area contributed by atoms with Crippen molar-refractivity contribution in [2.45, 2.75) is 33.2 Å². The SMILES string of the molecule is CCCOc1ccc(OCCN(C)C(C)C)cc1. The normalized spacial score (nSPS) is 11.0. The molecule has 3 nitrogen and oxygen atoms in total. The van der Waals surface area contributed by atoms with Crippen LogP contribution in [0.2, 0.25) is 0 Å². The molecule has 0 bridgehead atoms. The van der Waals surface area contributed by atoms with Gasteiger partial charge in [-0.2, -0.15) is 0 Å². The third-order valence-electron chi connectivity index (χ3n) is 2.89. The van der Waals surface area contributed by atoms with Crippen molar-refractivity contribution in [3.05, 3.63) is 24.3 Å². The lowest BCUT2D eigenvalue weighted by atomic mass is 10.3. The molecule has 1 aromatic carbocycles. The molecule has 0 aliphatic carbocycles. The van der Waals surface area contributed by atoms with Crippen LogP contribution in [0.4, 0.5) is 0 Å². The van der Waals surface area contributed by atoms with Crippen molar-refractivity contribution in [3.8, 4) is 11.5 Å². The fraction of sp³-hybridized carbons (Fsp3) is 0.600. The van der Waals surface area contributed by atoms with Crippen molar-refractivity contribution < 1.29 is 9.47 Å². The molecule has 0 saturated heterocycles. The van der Waals surface area contributed by atoms with E-state index in [0.29, 0.717) is 12.6 Å². The number of hydrogen-bond donors (Lipinski definition) is 0. The summed E-state index contributed by atoms with van der Waals surface area (Å²) in [5, 5.41) is 0. The van der Waals surface area contributed by atoms with Crippen LogP contribution in [0.1, 0.15) is 27.2 Å². The smallest absolute Gasteiger partial charge is 0.119 e. The lowest BCUT2D eigenvalue weighted by Gasteiger charge is -2.20. The van der Waals surface area contributed by atoms with Gasteiger partial charge in [-0.3, -0.25) is 0 Å². The van der Waals surface area contributed by atoms with Crippen LogP contribution in [-0.2, 0) is 0 Å². The standard InChI is InChI=1S/C15H25NO2/c1-5-11-17-14-6-8-15(9-7-14)18-12-10-16(4)13(2)3/h6-9,13H,5,10-12H2,1-4H3. The van der Waals surface area contributed by atoms with Crippen molar-refractivity contribution in [2.24, 2.45) is 0 Å². The molecule has 0 aromatic heterocycles. The summed E-state index contributed by atoms with van der Waals surface area (Å²) in [5.41, 5.74) is 0. The lowest BCUT2D eigenvalue weighted by Crippen LogP contribution is -2.30. The van der Waals surface area contributed by atoms with Gasteiger partial charge in [0.15, 0.2) is 0 Å². The highest BCUT2D eigenvalue weighted by molar-refractivity contribution is 5.31. The summed E-state index contributed by atoms with van der Waals surface area (Å²) in [6.07, 6.45) is 1.03. The van der Waals surface area contributed by atoms with Crippen LogP contribution in [0.3, 0.4) is 0 Å². The molecule has 0 radical (unpaired) electrons. The first-order chi connectivity index (χ1) is 8.63. The minimum Gasteiger partial charge on any atom is -0.494 e. The summed E-state index contributed by atoms with van der Waals surface area (Å²) >= 11 is 0. The monoisotopic (exact) mass is 251 g/mol. The van der Waals surface area contributed by atoms with E-state index in [1.54, 1.807) is 0 Å². The second-order valence-electron chi connectivity index (χ2n) is 4.74. The van der Waals surface area contributed by atoms with Gasteiger partial charge in [0.05, 0.1) is 6.61 Å². The molecule has 102 valence electrons. The number of hydrogen-bond acceptors (Lipinski definition) is 3. The summed E-state index contributed by atoms with van der Waals surface area (Å²) in [6.45, 7) is 8.87. The summed E-state index contributed by atoms with van der Waals surface area (Å²) in [5.74, 6) is 1.81. The van der Waals surface area contributed by atoms with Gasteiger partial charge in [-0.05, 0) is 51.6 Å². The van der Waals surface area contributed by atoms with Gasteiger partial charge in [0.1, 0.15) is 18.1 Å². The first-order valence-electron chi connectivity index (χ1n) is 6.69. The minimum atomic E-state index is 0.554. The fourth-order valence-corrected chi connectivity index (χ4v) is 1.42. The van der Waals surface area contributed by atoms with E-state index in [4.69, 9.17) is 9.47 Å². The van der Waals surface area contributed by atoms with Gasteiger partial charge in [0.25, 0.3) is 0 Å². The average Bonchev–Trinajstić information content (AvgIpc) is 2.37. The van der Waals surface area contributed by atoms with Gasteiger partial charge >= 0.3 is 0 Å². The van der Waals surface area contributed by atoms with E-state index in [9.17, 15) is 0 Å². The zero-order chi connectivity index (χ0) is 13.4. The van der Waals surface area contributed by atoms with E-state index in [0.717, 1.165) is 31.1 Å². The van der Waals surface area contributed by atoms with Crippen LogP contribution < -0.4 is 9.47 Å². The van der Waals surface area contributed by atoms with E-state index < -0.39 is 0 Å². The number of rotatable bonds is 8. The maximum atomic E-state index is 5.69. The van der Waals surface area contributed by atoms with Gasteiger partial charge in [-0.25, -0.2) is 0 Å². The Hall–Kier alpha value is -1.22. The average molecular weight is 251 g/mol. The Kier molecular flexibility index (Phi) is 6.58. The molecule has 0 aliphatic rings. The molecule has 0 aliphatic heterocycles. The molecule has 3 heteroatoms. The molecular weight excluding hydrogens is 226 g/mol. The lowest BCUT2D eigenvalue weighted by molar-refractivity contribution is 0.208. The number of ether oxygens (including phenoxy) is 2. The van der Waals surface area contributed by atoms with E-state index in [1.807, 2.05) is 24.3 Å². The largest absolute Gasteiger partial charge is 0.494 e. The summed E-state index contributed by atoms with van der Waals surface area (Å²) in [6, 6.07) is 8.38. The zero-order valence-corrected chi connectivity index (χ0v) is 12.0. The Morgan fingerprint density at radius 3 is 1.94 bits per heavy atom. The van der Waals surface area contributed by atoms with Gasteiger partial charge < -0.3 is 14.4 Å². The summed E-state index contributed by atoms with van der Waals surface area (Å²) in [7, 11) is 2.11. The van der Waals surface area contributed by atoms with E-state index >= 15 is 0 Å². The van der Waals surface area contributed by atoms with Crippen LogP contribution in [0.15, 0.2) is 24.3 Å². The first kappa shape index (κ1) is 14.8. The van der Waals surface area contributed by atoms with E-state index in [2.05, 4.69) is 32.7 Å². The van der Waals surface area contributed by atoms with Crippen LogP contribution in [0.25, 0.3) is 0 Å². The van der Waals surface area contributed by atoms with Crippen molar-refractivity contribution in [1.82, 2.24) is 4.90 Å². The van der Waals surface area contributed by atoms with Crippen molar-refractivity contribution in [3.63, 3.8) is 0 Å². The van der Waals surface area contributed by atoms with Gasteiger partial charge in [0, 0.05) is 12.6 Å². The highest BCUT2D eigenvalue weighted by atomic mass is 16.5. The van der Waals surface area contributed by atoms with E-state index in [1.165, 1.54) is 0 Å². The molecule has 1 aromatic rings. The maximum Gasteiger partial charge on any atom is 0.119 e. The summed E-state index contributed by atoms with van der Waals surface area (Å²) < 4.78 is 11.2. The molecule has 0 heterocycles. The predicted octanol–water partition coefficient (Wildman–Crippen LogP) is 3.19. The van der Waals surface area contributed by atoms with Gasteiger partial charge in [0.2, 0.25) is 0 Å². The molecule has 0 atom stereocenters. The van der Waals surface area contributed by atoms with Crippen LogP contribution in [0.5, 0.6) is 11.5 Å². The zero-order valence-electron chi connectivity index (χ0n) is 12.0. The van der Waals surface area contributed by atoms with E-state index in [-0.39, 0.29) is 0 Å². The Morgan fingerprint density at radius 2 is 1.50 bits per heavy atom. The molecule has 1 rings (SSSR count). The van der Waals surface area contributed by atoms with Crippen molar-refractivity contribution in [2.75, 3.05) is 26.8 Å². The van der Waals surface area contributed by atoms with Crippen LogP contribution >= 0.6 is 0 Å². The van der Waals surface area contributed by atoms with Gasteiger partial charge in [-0.1, -0.05) is 6.92 Å². The minimum absolute atomic E-state index is 0.554. The third kappa shape index (κ3) is 5.41. The molecule has 18 heavy (non-hydrogen) atoms. The Morgan fingerprint density at radius 1 is 1.00 bits per heavy atom. The Labute approximate surface area is 111 Å². The van der Waals surface area contributed by atoms with Gasteiger partial charge in [-0.15, -0.1) is 0 Å². The summed E-state index contributed by atoms with van der Waals surface area (Å²) in [4.78, 5) is 2.26. The molecule has 0 saturated carbocycles. The molecule has 0 N–H and O–H groups in total. The quantitative estimate of drug-likeness (QED) is 0.708. The van der Waals surface area contributed by atoms with Crippen LogP contribution in [0, 0.1) is 0 Å². The molecule has 0 amide bonds. The van der Waals surface area contributed by atoms with Crippen LogP contribution in [-0.4, -0.2) is 37.7 Å². The molecule has 0 fully saturated rings. The molecule has 0 spiro atoms. The molecular formula is C15H25NO2. The first-order valence-corrected chi connectivity index (χ1v) is 6.69. The highest BCUT2D eigenvalue weighted by Crippen LogP contribution is 2.17. The third-order valence-corrected chi connectivity index (χ3v) is 2.89. The predicted molar refractivity (Wildman–Crippen MR) is 75.5 cm³/mol. The number of nitrogens with zero attached hydrogens (tertiary/aromatic N) is 1. The van der Waals surface area contributed by atoms with Crippen molar-refractivity contribution in [1.29, 1.82) is 0 Å². The number of benzene rings is 1. The second kappa shape index (κ2) is 7.98. The highest BCUT2D eigenvalue weighted by Gasteiger charge is 2.02. The number of likely N-dealkylation sites (N-methyl/N-ethyl adjacent to an activating group) is 1. The van der Waals surface area contributed by atoms with Crippen molar-refractivity contribution >= 4 is 0 Å². The fourth-order valence-electron chi connectivity index (χ4n) is 1.42.